The third-order valence-corrected chi connectivity index (χ3v) is 6.24. The lowest BCUT2D eigenvalue weighted by Gasteiger charge is -2.27. The molecule has 222 valence electrons. The van der Waals surface area contributed by atoms with Gasteiger partial charge in [0.05, 0.1) is 18.6 Å². The number of aliphatic hydroxyl groups excluding tert-OH is 2. The van der Waals surface area contributed by atoms with Crippen LogP contribution in [-0.4, -0.2) is 98.6 Å². The number of rotatable bonds is 17. The molecule has 0 unspecified atom stereocenters. The number of thiol groups is 1. The third-order valence-electron chi connectivity index (χ3n) is 5.80. The highest BCUT2D eigenvalue weighted by molar-refractivity contribution is 7.80. The predicted octanol–water partition coefficient (Wildman–Crippen LogP) is -1.94. The van der Waals surface area contributed by atoms with Gasteiger partial charge in [-0.15, -0.1) is 0 Å². The van der Waals surface area contributed by atoms with E-state index >= 15 is 0 Å². The minimum atomic E-state index is -1.68. The Morgan fingerprint density at radius 3 is 1.90 bits per heavy atom. The molecule has 0 spiro atoms. The van der Waals surface area contributed by atoms with Crippen LogP contribution >= 0.6 is 12.6 Å². The summed E-state index contributed by atoms with van der Waals surface area (Å²) in [5.41, 5.74) is 0.842. The molecule has 0 aliphatic heterocycles. The molecule has 8 N–H and O–H groups in total. The Kier molecular flexibility index (Phi) is 14.7. The van der Waals surface area contributed by atoms with Crippen LogP contribution < -0.4 is 21.3 Å². The van der Waals surface area contributed by atoms with Crippen molar-refractivity contribution in [2.45, 2.75) is 63.4 Å². The van der Waals surface area contributed by atoms with Crippen LogP contribution in [0.1, 0.15) is 32.3 Å². The molecule has 40 heavy (non-hydrogen) atoms. The Balaban J connectivity index is 3.01. The van der Waals surface area contributed by atoms with E-state index in [0.717, 1.165) is 12.5 Å². The number of nitrogens with one attached hydrogen (secondary N) is 4. The molecule has 0 radical (unpaired) electrons. The van der Waals surface area contributed by atoms with Crippen LogP contribution in [0.3, 0.4) is 0 Å². The lowest BCUT2D eigenvalue weighted by Crippen LogP contribution is -2.61. The van der Waals surface area contributed by atoms with Gasteiger partial charge in [-0.3, -0.25) is 28.8 Å². The highest BCUT2D eigenvalue weighted by Gasteiger charge is 2.33. The summed E-state index contributed by atoms with van der Waals surface area (Å²) in [5, 5.41) is 46.6. The van der Waals surface area contributed by atoms with Crippen molar-refractivity contribution in [3.05, 3.63) is 35.9 Å². The van der Waals surface area contributed by atoms with E-state index in [1.165, 1.54) is 6.92 Å². The number of hydrogen-bond acceptors (Lipinski definition) is 9. The summed E-state index contributed by atoms with van der Waals surface area (Å²) in [7, 11) is 0. The number of hydrogen-bond donors (Lipinski definition) is 9. The van der Waals surface area contributed by atoms with E-state index < -0.39 is 84.8 Å². The molecule has 6 atom stereocenters. The fourth-order valence-corrected chi connectivity index (χ4v) is 3.75. The van der Waals surface area contributed by atoms with Crippen molar-refractivity contribution in [3.8, 4) is 0 Å². The summed E-state index contributed by atoms with van der Waals surface area (Å²) >= 11 is 4.22. The minimum Gasteiger partial charge on any atom is -0.481 e. The Hall–Kier alpha value is -3.69. The Morgan fingerprint density at radius 1 is 0.825 bits per heavy atom. The molecule has 0 saturated carbocycles. The van der Waals surface area contributed by atoms with Crippen LogP contribution in [0.15, 0.2) is 30.3 Å². The number of carboxylic acid groups (broad SMARTS) is 2. The van der Waals surface area contributed by atoms with Crippen LogP contribution in [0.25, 0.3) is 0 Å². The van der Waals surface area contributed by atoms with E-state index in [0.29, 0.717) is 6.42 Å². The second-order valence-corrected chi connectivity index (χ2v) is 9.47. The molecular formula is C25H36N4O10S. The lowest BCUT2D eigenvalue weighted by atomic mass is 9.99. The normalized spacial score (nSPS) is 15.3. The second kappa shape index (κ2) is 17.1. The van der Waals surface area contributed by atoms with Crippen molar-refractivity contribution in [2.75, 3.05) is 12.4 Å². The van der Waals surface area contributed by atoms with E-state index in [4.69, 9.17) is 10.2 Å². The van der Waals surface area contributed by atoms with Gasteiger partial charge in [0.2, 0.25) is 23.6 Å². The maximum atomic E-state index is 13.1. The van der Waals surface area contributed by atoms with E-state index in [2.05, 4.69) is 33.9 Å². The molecule has 0 saturated heterocycles. The first kappa shape index (κ1) is 34.3. The highest BCUT2D eigenvalue weighted by atomic mass is 32.1. The number of benzene rings is 1. The second-order valence-electron chi connectivity index (χ2n) is 9.10. The zero-order valence-corrected chi connectivity index (χ0v) is 23.0. The van der Waals surface area contributed by atoms with Crippen molar-refractivity contribution in [1.82, 2.24) is 21.3 Å². The molecule has 15 heteroatoms. The van der Waals surface area contributed by atoms with E-state index in [9.17, 15) is 39.0 Å². The number of amides is 4. The van der Waals surface area contributed by atoms with Crippen LogP contribution in [0.4, 0.5) is 0 Å². The van der Waals surface area contributed by atoms with Crippen LogP contribution in [0, 0.1) is 5.92 Å². The van der Waals surface area contributed by atoms with Gasteiger partial charge in [0.25, 0.3) is 0 Å². The molecule has 0 aliphatic rings. The van der Waals surface area contributed by atoms with Gasteiger partial charge in [0.1, 0.15) is 24.2 Å². The number of aliphatic hydroxyl groups is 2. The number of aliphatic carboxylic acids is 2. The van der Waals surface area contributed by atoms with E-state index in [1.807, 2.05) is 18.2 Å². The van der Waals surface area contributed by atoms with Gasteiger partial charge in [-0.1, -0.05) is 30.3 Å². The zero-order chi connectivity index (χ0) is 30.4. The first-order valence-corrected chi connectivity index (χ1v) is 13.0. The van der Waals surface area contributed by atoms with Crippen LogP contribution in [0.5, 0.6) is 0 Å². The molecule has 0 aliphatic carbocycles. The Morgan fingerprint density at radius 2 is 1.40 bits per heavy atom. The third kappa shape index (κ3) is 11.6. The molecule has 14 nitrogen and oxygen atoms in total. The molecular weight excluding hydrogens is 548 g/mol. The van der Waals surface area contributed by atoms with Gasteiger partial charge in [0.15, 0.2) is 0 Å². The van der Waals surface area contributed by atoms with Gasteiger partial charge >= 0.3 is 11.9 Å². The molecule has 0 heterocycles. The molecule has 4 amide bonds. The maximum Gasteiger partial charge on any atom is 0.325 e. The molecule has 1 aromatic rings. The van der Waals surface area contributed by atoms with E-state index in [1.54, 1.807) is 12.1 Å². The summed E-state index contributed by atoms with van der Waals surface area (Å²) in [6, 6.07) is 3.02. The lowest BCUT2D eigenvalue weighted by molar-refractivity contribution is -0.142. The Bertz CT molecular complexity index is 1040. The highest BCUT2D eigenvalue weighted by Crippen LogP contribution is 2.12. The van der Waals surface area contributed by atoms with E-state index in [-0.39, 0.29) is 12.2 Å². The van der Waals surface area contributed by atoms with Gasteiger partial charge < -0.3 is 41.7 Å². The summed E-state index contributed by atoms with van der Waals surface area (Å²) in [6.45, 7) is 1.40. The van der Waals surface area contributed by atoms with Crippen molar-refractivity contribution in [3.63, 3.8) is 0 Å². The molecule has 0 aromatic heterocycles. The largest absolute Gasteiger partial charge is 0.481 e. The standard InChI is InChI=1S/C25H36N4O10S/c1-13(25(38)39)26-23(36)18(11-30)28-24(37)20(14(2)31)29-22(35)17(8-9-19(32)33)27-21(34)16(12-40)10-15-6-4-3-5-7-15/h3-7,13-14,16-18,20,30-31,40H,8-12H2,1-2H3,(H,26,36)(H,27,34)(H,28,37)(H,29,35)(H,32,33)(H,38,39)/t13-,14+,16+,17-,18-,20-/m0/s1. The monoisotopic (exact) mass is 584 g/mol. The average Bonchev–Trinajstić information content (AvgIpc) is 2.90. The van der Waals surface area contributed by atoms with Crippen molar-refractivity contribution in [2.24, 2.45) is 5.92 Å². The summed E-state index contributed by atoms with van der Waals surface area (Å²) < 4.78 is 0. The predicted molar refractivity (Wildman–Crippen MR) is 144 cm³/mol. The van der Waals surface area contributed by atoms with Gasteiger partial charge in [0, 0.05) is 12.2 Å². The van der Waals surface area contributed by atoms with Gasteiger partial charge in [-0.25, -0.2) is 0 Å². The fourth-order valence-electron chi connectivity index (χ4n) is 3.46. The number of carbonyl (C=O) groups excluding carboxylic acids is 4. The molecule has 0 bridgehead atoms. The van der Waals surface area contributed by atoms with Crippen molar-refractivity contribution < 1.29 is 49.2 Å². The number of carbonyl (C=O) groups is 6. The molecule has 0 fully saturated rings. The maximum absolute atomic E-state index is 13.1. The quantitative estimate of drug-likeness (QED) is 0.0919. The summed E-state index contributed by atoms with van der Waals surface area (Å²) in [6.07, 6.45) is -2.06. The number of carboxylic acids is 2. The van der Waals surface area contributed by atoms with Crippen LogP contribution in [0.2, 0.25) is 0 Å². The first-order chi connectivity index (χ1) is 18.8. The summed E-state index contributed by atoms with van der Waals surface area (Å²) in [4.78, 5) is 73.2. The topological polar surface area (TPSA) is 231 Å². The smallest absolute Gasteiger partial charge is 0.325 e. The van der Waals surface area contributed by atoms with Gasteiger partial charge in [-0.2, -0.15) is 12.6 Å². The molecule has 1 rings (SSSR count). The van der Waals surface area contributed by atoms with Crippen molar-refractivity contribution in [1.29, 1.82) is 0 Å². The summed E-state index contributed by atoms with van der Waals surface area (Å²) in [5.74, 6) is -6.81. The van der Waals surface area contributed by atoms with Crippen LogP contribution in [-0.2, 0) is 35.2 Å². The minimum absolute atomic E-state index is 0.123. The first-order valence-electron chi connectivity index (χ1n) is 12.4. The average molecular weight is 585 g/mol. The Labute approximate surface area is 236 Å². The zero-order valence-electron chi connectivity index (χ0n) is 22.1. The van der Waals surface area contributed by atoms with Crippen molar-refractivity contribution >= 4 is 48.2 Å². The molecule has 1 aromatic carbocycles. The fraction of sp³-hybridized carbons (Fsp3) is 0.520. The van der Waals surface area contributed by atoms with Gasteiger partial charge in [-0.05, 0) is 32.3 Å². The SMILES string of the molecule is C[C@H](NC(=O)[C@H](CO)NC(=O)[C@@H](NC(=O)[C@H](CCC(=O)O)NC(=O)[C@@H](CS)Cc1ccccc1)[C@@H](C)O)C(=O)O.